The van der Waals surface area contributed by atoms with E-state index in [1.54, 1.807) is 23.5 Å². The van der Waals surface area contributed by atoms with Gasteiger partial charge in [0.25, 0.3) is 0 Å². The monoisotopic (exact) mass is 382 g/mol. The minimum atomic E-state index is -0.274. The van der Waals surface area contributed by atoms with E-state index in [2.05, 4.69) is 26.3 Å². The SMILES string of the molecule is CN(C)CCNc1nc2ccc(-c3ocnc3-c3ccc(F)cc3)cc2s1. The van der Waals surface area contributed by atoms with E-state index in [4.69, 9.17) is 4.42 Å². The number of hydrogen-bond acceptors (Lipinski definition) is 6. The number of anilines is 1. The fourth-order valence-corrected chi connectivity index (χ4v) is 3.72. The zero-order valence-corrected chi connectivity index (χ0v) is 15.9. The lowest BCUT2D eigenvalue weighted by Crippen LogP contribution is -2.20. The average Bonchev–Trinajstić information content (AvgIpc) is 3.27. The Balaban J connectivity index is 1.63. The summed E-state index contributed by atoms with van der Waals surface area (Å²) in [5.41, 5.74) is 3.38. The molecular weight excluding hydrogens is 363 g/mol. The summed E-state index contributed by atoms with van der Waals surface area (Å²) >= 11 is 1.61. The molecule has 0 aliphatic heterocycles. The van der Waals surface area contributed by atoms with Crippen LogP contribution in [0, 0.1) is 5.82 Å². The van der Waals surface area contributed by atoms with E-state index in [0.717, 1.165) is 39.6 Å². The van der Waals surface area contributed by atoms with Gasteiger partial charge in [0, 0.05) is 24.2 Å². The van der Waals surface area contributed by atoms with Crippen molar-refractivity contribution in [1.82, 2.24) is 14.9 Å². The normalized spacial score (nSPS) is 11.4. The van der Waals surface area contributed by atoms with Gasteiger partial charge in [-0.2, -0.15) is 0 Å². The standard InChI is InChI=1S/C20H19FN4OS/c1-25(2)10-9-22-20-24-16-8-5-14(11-17(16)27-20)19-18(23-12-26-19)13-3-6-15(21)7-4-13/h3-8,11-12H,9-10H2,1-2H3,(H,22,24). The second-order valence-corrected chi connectivity index (χ2v) is 7.50. The molecule has 1 N–H and O–H groups in total. The van der Waals surface area contributed by atoms with Crippen LogP contribution in [0.2, 0.25) is 0 Å². The molecule has 2 aromatic heterocycles. The molecule has 7 heteroatoms. The van der Waals surface area contributed by atoms with Gasteiger partial charge in [0.05, 0.1) is 10.2 Å². The van der Waals surface area contributed by atoms with Gasteiger partial charge in [0.2, 0.25) is 0 Å². The van der Waals surface area contributed by atoms with Crippen molar-refractivity contribution in [2.45, 2.75) is 0 Å². The second kappa shape index (κ2) is 7.46. The maximum atomic E-state index is 13.2. The number of aromatic nitrogens is 2. The Morgan fingerprint density at radius 3 is 2.67 bits per heavy atom. The van der Waals surface area contributed by atoms with Crippen molar-refractivity contribution in [1.29, 1.82) is 0 Å². The van der Waals surface area contributed by atoms with Gasteiger partial charge in [-0.3, -0.25) is 0 Å². The Labute approximate surface area is 160 Å². The van der Waals surface area contributed by atoms with Crippen molar-refractivity contribution < 1.29 is 8.81 Å². The third kappa shape index (κ3) is 3.84. The number of oxazole rings is 1. The van der Waals surface area contributed by atoms with Gasteiger partial charge in [-0.1, -0.05) is 11.3 Å². The summed E-state index contributed by atoms with van der Waals surface area (Å²) in [5, 5.41) is 4.26. The van der Waals surface area contributed by atoms with Crippen molar-refractivity contribution in [3.05, 3.63) is 54.7 Å². The fraction of sp³-hybridized carbons (Fsp3) is 0.200. The van der Waals surface area contributed by atoms with Crippen LogP contribution in [0.25, 0.3) is 32.8 Å². The highest BCUT2D eigenvalue weighted by Gasteiger charge is 2.14. The predicted octanol–water partition coefficient (Wildman–Crippen LogP) is 4.73. The first-order chi connectivity index (χ1) is 13.1. The first kappa shape index (κ1) is 17.6. The molecule has 4 rings (SSSR count). The van der Waals surface area contributed by atoms with Crippen LogP contribution in [0.1, 0.15) is 0 Å². The number of nitrogens with one attached hydrogen (secondary N) is 1. The lowest BCUT2D eigenvalue weighted by atomic mass is 10.1. The van der Waals surface area contributed by atoms with Gasteiger partial charge >= 0.3 is 0 Å². The second-order valence-electron chi connectivity index (χ2n) is 6.47. The van der Waals surface area contributed by atoms with Gasteiger partial charge < -0.3 is 14.6 Å². The Morgan fingerprint density at radius 1 is 1.11 bits per heavy atom. The Morgan fingerprint density at radius 2 is 1.89 bits per heavy atom. The average molecular weight is 382 g/mol. The number of halogens is 1. The molecule has 0 saturated carbocycles. The predicted molar refractivity (Wildman–Crippen MR) is 108 cm³/mol. The molecule has 0 unspecified atom stereocenters. The molecule has 0 aliphatic rings. The molecule has 0 bridgehead atoms. The third-order valence-corrected chi connectivity index (χ3v) is 5.15. The van der Waals surface area contributed by atoms with Crippen molar-refractivity contribution in [2.24, 2.45) is 0 Å². The van der Waals surface area contributed by atoms with E-state index in [9.17, 15) is 4.39 Å². The first-order valence-corrected chi connectivity index (χ1v) is 9.41. The number of thiazole rings is 1. The molecule has 0 amide bonds. The molecular formula is C20H19FN4OS. The van der Waals surface area contributed by atoms with Gasteiger partial charge in [0.1, 0.15) is 11.5 Å². The summed E-state index contributed by atoms with van der Waals surface area (Å²) in [7, 11) is 4.09. The van der Waals surface area contributed by atoms with E-state index >= 15 is 0 Å². The zero-order chi connectivity index (χ0) is 18.8. The molecule has 0 saturated heterocycles. The van der Waals surface area contributed by atoms with Crippen molar-refractivity contribution in [2.75, 3.05) is 32.5 Å². The van der Waals surface area contributed by atoms with Gasteiger partial charge in [-0.15, -0.1) is 0 Å². The molecule has 0 spiro atoms. The Hall–Kier alpha value is -2.77. The van der Waals surface area contributed by atoms with Crippen molar-refractivity contribution >= 4 is 26.7 Å². The molecule has 138 valence electrons. The molecule has 2 aromatic carbocycles. The summed E-state index contributed by atoms with van der Waals surface area (Å²) in [4.78, 5) is 11.1. The fourth-order valence-electron chi connectivity index (χ4n) is 2.79. The number of fused-ring (bicyclic) bond motifs is 1. The highest BCUT2D eigenvalue weighted by molar-refractivity contribution is 7.22. The molecule has 0 fully saturated rings. The van der Waals surface area contributed by atoms with E-state index in [0.29, 0.717) is 11.5 Å². The van der Waals surface area contributed by atoms with E-state index in [-0.39, 0.29) is 5.82 Å². The summed E-state index contributed by atoms with van der Waals surface area (Å²) in [6.07, 6.45) is 1.42. The van der Waals surface area contributed by atoms with E-state index in [1.807, 2.05) is 26.2 Å². The van der Waals surface area contributed by atoms with Crippen LogP contribution in [0.4, 0.5) is 9.52 Å². The third-order valence-electron chi connectivity index (χ3n) is 4.17. The number of benzene rings is 2. The van der Waals surface area contributed by atoms with Crippen molar-refractivity contribution in [3.8, 4) is 22.6 Å². The lowest BCUT2D eigenvalue weighted by molar-refractivity contribution is 0.425. The number of hydrogen-bond donors (Lipinski definition) is 1. The summed E-state index contributed by atoms with van der Waals surface area (Å²) < 4.78 is 19.9. The molecule has 5 nitrogen and oxygen atoms in total. The number of rotatable bonds is 6. The van der Waals surface area contributed by atoms with Crippen LogP contribution < -0.4 is 5.32 Å². The molecule has 2 heterocycles. The summed E-state index contributed by atoms with van der Waals surface area (Å²) in [6.45, 7) is 1.79. The molecule has 0 atom stereocenters. The minimum absolute atomic E-state index is 0.274. The van der Waals surface area contributed by atoms with Gasteiger partial charge in [-0.25, -0.2) is 14.4 Å². The van der Waals surface area contributed by atoms with Crippen LogP contribution in [-0.2, 0) is 0 Å². The lowest BCUT2D eigenvalue weighted by Gasteiger charge is -2.08. The van der Waals surface area contributed by atoms with Crippen LogP contribution in [0.5, 0.6) is 0 Å². The maximum Gasteiger partial charge on any atom is 0.183 e. The quantitative estimate of drug-likeness (QED) is 0.522. The Bertz CT molecular complexity index is 1060. The number of likely N-dealkylation sites (N-methyl/N-ethyl adjacent to an activating group) is 1. The zero-order valence-electron chi connectivity index (χ0n) is 15.1. The van der Waals surface area contributed by atoms with Crippen molar-refractivity contribution in [3.63, 3.8) is 0 Å². The van der Waals surface area contributed by atoms with Gasteiger partial charge in [-0.05, 0) is 56.6 Å². The summed E-state index contributed by atoms with van der Waals surface area (Å²) in [6, 6.07) is 12.3. The minimum Gasteiger partial charge on any atom is -0.443 e. The summed E-state index contributed by atoms with van der Waals surface area (Å²) in [5.74, 6) is 0.392. The van der Waals surface area contributed by atoms with Crippen LogP contribution in [-0.4, -0.2) is 42.1 Å². The topological polar surface area (TPSA) is 54.2 Å². The van der Waals surface area contributed by atoms with E-state index in [1.165, 1.54) is 18.5 Å². The molecule has 0 aliphatic carbocycles. The maximum absolute atomic E-state index is 13.2. The first-order valence-electron chi connectivity index (χ1n) is 8.59. The smallest absolute Gasteiger partial charge is 0.183 e. The molecule has 27 heavy (non-hydrogen) atoms. The highest BCUT2D eigenvalue weighted by atomic mass is 32.1. The van der Waals surface area contributed by atoms with Gasteiger partial charge in [0.15, 0.2) is 17.3 Å². The molecule has 0 radical (unpaired) electrons. The van der Waals surface area contributed by atoms with Crippen LogP contribution >= 0.6 is 11.3 Å². The highest BCUT2D eigenvalue weighted by Crippen LogP contribution is 2.35. The van der Waals surface area contributed by atoms with Crippen LogP contribution in [0.15, 0.2) is 53.3 Å². The molecule has 4 aromatic rings. The van der Waals surface area contributed by atoms with Crippen LogP contribution in [0.3, 0.4) is 0 Å². The number of nitrogens with zero attached hydrogens (tertiary/aromatic N) is 3. The Kier molecular flexibility index (Phi) is 4.87. The van der Waals surface area contributed by atoms with E-state index < -0.39 is 0 Å². The largest absolute Gasteiger partial charge is 0.443 e.